The molecule has 1 aliphatic rings. The Hall–Kier alpha value is -4.76. The highest BCUT2D eigenvalue weighted by Gasteiger charge is 2.29. The van der Waals surface area contributed by atoms with Gasteiger partial charge in [0.15, 0.2) is 0 Å². The zero-order chi connectivity index (χ0) is 25.5. The molecule has 6 rings (SSSR count). The summed E-state index contributed by atoms with van der Waals surface area (Å²) >= 11 is 1.54. The molecule has 0 atom stereocenters. The minimum Gasteiger partial charge on any atom is -0.465 e. The van der Waals surface area contributed by atoms with Crippen molar-refractivity contribution in [2.75, 3.05) is 17.7 Å². The van der Waals surface area contributed by atoms with E-state index in [0.29, 0.717) is 28.1 Å². The summed E-state index contributed by atoms with van der Waals surface area (Å²) in [6.45, 7) is 0. The number of methoxy groups -OCH3 is 1. The largest absolute Gasteiger partial charge is 0.465 e. The lowest BCUT2D eigenvalue weighted by molar-refractivity contribution is -0.110. The summed E-state index contributed by atoms with van der Waals surface area (Å²) in [5.41, 5.74) is 8.13. The Morgan fingerprint density at radius 1 is 1.03 bits per heavy atom. The van der Waals surface area contributed by atoms with Crippen LogP contribution in [0.4, 0.5) is 11.4 Å². The Morgan fingerprint density at radius 2 is 1.84 bits per heavy atom. The van der Waals surface area contributed by atoms with Gasteiger partial charge in [0.1, 0.15) is 5.82 Å². The predicted octanol–water partition coefficient (Wildman–Crippen LogP) is 5.42. The Labute approximate surface area is 216 Å². The molecule has 2 N–H and O–H groups in total. The molecule has 0 bridgehead atoms. The molecule has 8 nitrogen and oxygen atoms in total. The second-order valence-electron chi connectivity index (χ2n) is 8.56. The fourth-order valence-electron chi connectivity index (χ4n) is 4.45. The van der Waals surface area contributed by atoms with Crippen molar-refractivity contribution in [1.29, 1.82) is 0 Å². The molecule has 1 aliphatic heterocycles. The minimum atomic E-state index is -0.462. The number of nitrogens with zero attached hydrogens (tertiary/aromatic N) is 3. The Morgan fingerprint density at radius 3 is 2.59 bits per heavy atom. The molecule has 3 heterocycles. The molecule has 1 amide bonds. The molecular formula is C28H21N5O3S. The maximum absolute atomic E-state index is 13.3. The monoisotopic (exact) mass is 507 g/mol. The number of ether oxygens (including phenoxy) is 1. The molecule has 0 unspecified atom stereocenters. The lowest BCUT2D eigenvalue weighted by atomic mass is 9.98. The Balaban J connectivity index is 1.47. The number of imidazole rings is 1. The van der Waals surface area contributed by atoms with E-state index in [1.165, 1.54) is 7.11 Å². The number of rotatable bonds is 5. The Kier molecular flexibility index (Phi) is 5.54. The van der Waals surface area contributed by atoms with Gasteiger partial charge in [0.2, 0.25) is 0 Å². The number of thiazole rings is 1. The molecule has 0 aliphatic carbocycles. The fourth-order valence-corrected chi connectivity index (χ4v) is 5.16. The lowest BCUT2D eigenvalue weighted by Gasteiger charge is -2.15. The van der Waals surface area contributed by atoms with Crippen LogP contribution >= 0.6 is 11.3 Å². The van der Waals surface area contributed by atoms with Crippen molar-refractivity contribution in [3.05, 3.63) is 95.3 Å². The molecule has 0 spiro atoms. The predicted molar refractivity (Wildman–Crippen MR) is 145 cm³/mol. The van der Waals surface area contributed by atoms with E-state index >= 15 is 0 Å². The third-order valence-corrected chi connectivity index (χ3v) is 7.08. The van der Waals surface area contributed by atoms with Crippen LogP contribution in [0.15, 0.2) is 78.6 Å². The number of aromatic nitrogens is 3. The molecule has 0 saturated heterocycles. The zero-order valence-corrected chi connectivity index (χ0v) is 20.8. The van der Waals surface area contributed by atoms with Crippen LogP contribution in [0.1, 0.15) is 21.5 Å². The van der Waals surface area contributed by atoms with Gasteiger partial charge in [0.05, 0.1) is 45.4 Å². The van der Waals surface area contributed by atoms with Crippen molar-refractivity contribution in [3.8, 4) is 11.4 Å². The first-order valence-corrected chi connectivity index (χ1v) is 12.4. The SMILES string of the molecule is COC(=O)c1ccc2c(c1)NC(=O)/C2=C(\Nc1ccc(-c2nccn2C)cc1)c1ccc2ncsc2c1. The molecule has 2 aromatic heterocycles. The van der Waals surface area contributed by atoms with E-state index in [-0.39, 0.29) is 5.91 Å². The molecule has 0 radical (unpaired) electrons. The van der Waals surface area contributed by atoms with Crippen molar-refractivity contribution >= 4 is 56.1 Å². The van der Waals surface area contributed by atoms with E-state index in [1.54, 1.807) is 41.2 Å². The third-order valence-electron chi connectivity index (χ3n) is 6.29. The Bertz CT molecular complexity index is 1720. The van der Waals surface area contributed by atoms with Crippen molar-refractivity contribution in [2.24, 2.45) is 7.05 Å². The second kappa shape index (κ2) is 9.03. The fraction of sp³-hybridized carbons (Fsp3) is 0.0714. The molecule has 0 saturated carbocycles. The van der Waals surface area contributed by atoms with Crippen molar-refractivity contribution in [2.45, 2.75) is 0 Å². The number of esters is 1. The molecule has 9 heteroatoms. The number of anilines is 2. The molecule has 3 aromatic carbocycles. The van der Waals surface area contributed by atoms with E-state index in [9.17, 15) is 9.59 Å². The first-order chi connectivity index (χ1) is 18.0. The van der Waals surface area contributed by atoms with Gasteiger partial charge in [0.25, 0.3) is 5.91 Å². The normalized spacial score (nSPS) is 13.8. The van der Waals surface area contributed by atoms with Crippen molar-refractivity contribution < 1.29 is 14.3 Å². The van der Waals surface area contributed by atoms with Crippen molar-refractivity contribution in [1.82, 2.24) is 14.5 Å². The van der Waals surface area contributed by atoms with Gasteiger partial charge in [-0.1, -0.05) is 12.1 Å². The van der Waals surface area contributed by atoms with E-state index in [0.717, 1.165) is 32.9 Å². The number of hydrogen-bond acceptors (Lipinski definition) is 7. The summed E-state index contributed by atoms with van der Waals surface area (Å²) in [4.78, 5) is 34.1. The highest BCUT2D eigenvalue weighted by molar-refractivity contribution is 7.16. The maximum atomic E-state index is 13.3. The smallest absolute Gasteiger partial charge is 0.337 e. The first kappa shape index (κ1) is 22.7. The summed E-state index contributed by atoms with van der Waals surface area (Å²) in [5.74, 6) is 0.149. The van der Waals surface area contributed by atoms with Gasteiger partial charge in [-0.3, -0.25) is 4.79 Å². The quantitative estimate of drug-likeness (QED) is 0.244. The van der Waals surface area contributed by atoms with Gasteiger partial charge in [-0.25, -0.2) is 14.8 Å². The summed E-state index contributed by atoms with van der Waals surface area (Å²) in [5, 5.41) is 6.39. The average Bonchev–Trinajstić information content (AvgIpc) is 3.64. The van der Waals surface area contributed by atoms with Crippen LogP contribution in [-0.2, 0) is 16.6 Å². The molecule has 5 aromatic rings. The highest BCUT2D eigenvalue weighted by Crippen LogP contribution is 2.39. The van der Waals surface area contributed by atoms with Crippen molar-refractivity contribution in [3.63, 3.8) is 0 Å². The van der Waals surface area contributed by atoms with Crippen LogP contribution in [-0.4, -0.2) is 33.5 Å². The van der Waals surface area contributed by atoms with Gasteiger partial charge >= 0.3 is 5.97 Å². The first-order valence-electron chi connectivity index (χ1n) is 11.5. The van der Waals surface area contributed by atoms with Gasteiger partial charge in [-0.2, -0.15) is 0 Å². The van der Waals surface area contributed by atoms with Crippen LogP contribution in [0.25, 0.3) is 32.9 Å². The van der Waals surface area contributed by atoms with Crippen LogP contribution < -0.4 is 10.6 Å². The minimum absolute atomic E-state index is 0.256. The molecule has 37 heavy (non-hydrogen) atoms. The number of carbonyl (C=O) groups excluding carboxylic acids is 2. The number of carbonyl (C=O) groups is 2. The summed E-state index contributed by atoms with van der Waals surface area (Å²) < 4.78 is 7.81. The topological polar surface area (TPSA) is 98.1 Å². The van der Waals surface area contributed by atoms with Gasteiger partial charge in [-0.05, 0) is 48.5 Å². The summed E-state index contributed by atoms with van der Waals surface area (Å²) in [7, 11) is 3.28. The number of amides is 1. The standard InChI is InChI=1S/C28H21N5O3S/c1-33-12-11-29-26(33)16-3-7-19(8-4-16)31-25(17-6-10-21-23(14-17)37-15-30-21)24-20-9-5-18(28(35)36-2)13-22(20)32-27(24)34/h3-15,31H,1-2H3,(H,32,34)/b25-24-. The van der Waals surface area contributed by atoms with E-state index in [4.69, 9.17) is 4.74 Å². The number of aryl methyl sites for hydroxylation is 1. The number of hydrogen-bond donors (Lipinski definition) is 2. The molecule has 182 valence electrons. The van der Waals surface area contributed by atoms with Crippen LogP contribution in [0.2, 0.25) is 0 Å². The van der Waals surface area contributed by atoms with Gasteiger partial charge in [0, 0.05) is 41.8 Å². The third kappa shape index (κ3) is 4.05. The van der Waals surface area contributed by atoms with Crippen LogP contribution in [0.5, 0.6) is 0 Å². The summed E-state index contributed by atoms with van der Waals surface area (Å²) in [6, 6.07) is 18.9. The van der Waals surface area contributed by atoms with Crippen LogP contribution in [0, 0.1) is 0 Å². The summed E-state index contributed by atoms with van der Waals surface area (Å²) in [6.07, 6.45) is 3.67. The van der Waals surface area contributed by atoms with Crippen LogP contribution in [0.3, 0.4) is 0 Å². The number of fused-ring (bicyclic) bond motifs is 2. The number of benzene rings is 3. The maximum Gasteiger partial charge on any atom is 0.337 e. The zero-order valence-electron chi connectivity index (χ0n) is 20.0. The average molecular weight is 508 g/mol. The van der Waals surface area contributed by atoms with Gasteiger partial charge < -0.3 is 19.9 Å². The van der Waals surface area contributed by atoms with E-state index < -0.39 is 5.97 Å². The van der Waals surface area contributed by atoms with E-state index in [1.807, 2.05) is 60.3 Å². The lowest BCUT2D eigenvalue weighted by Crippen LogP contribution is -2.10. The highest BCUT2D eigenvalue weighted by atomic mass is 32.1. The second-order valence-corrected chi connectivity index (χ2v) is 9.44. The molecular weight excluding hydrogens is 486 g/mol. The van der Waals surface area contributed by atoms with Gasteiger partial charge in [-0.15, -0.1) is 11.3 Å². The van der Waals surface area contributed by atoms with E-state index in [2.05, 4.69) is 20.6 Å². The molecule has 0 fully saturated rings. The number of nitrogens with one attached hydrogen (secondary N) is 2.